The van der Waals surface area contributed by atoms with Gasteiger partial charge in [0, 0.05) is 12.6 Å². The van der Waals surface area contributed by atoms with Gasteiger partial charge in [-0.3, -0.25) is 4.79 Å². The highest BCUT2D eigenvalue weighted by molar-refractivity contribution is 5.87. The van der Waals surface area contributed by atoms with Gasteiger partial charge in [0.15, 0.2) is 0 Å². The van der Waals surface area contributed by atoms with E-state index in [1.165, 1.54) is 25.7 Å². The van der Waals surface area contributed by atoms with E-state index in [2.05, 4.69) is 31.8 Å². The number of amides is 1. The zero-order chi connectivity index (χ0) is 14.3. The molecule has 0 unspecified atom stereocenters. The largest absolute Gasteiger partial charge is 0.352 e. The third-order valence-electron chi connectivity index (χ3n) is 2.71. The van der Waals surface area contributed by atoms with E-state index in [1.54, 1.807) is 6.08 Å². The summed E-state index contributed by atoms with van der Waals surface area (Å²) in [7, 11) is 0. The van der Waals surface area contributed by atoms with Gasteiger partial charge >= 0.3 is 0 Å². The van der Waals surface area contributed by atoms with Gasteiger partial charge in [0.25, 0.3) is 0 Å². The molecule has 0 aliphatic rings. The van der Waals surface area contributed by atoms with E-state index in [0.717, 1.165) is 19.4 Å². The minimum Gasteiger partial charge on any atom is -0.352 e. The van der Waals surface area contributed by atoms with Crippen LogP contribution in [0.1, 0.15) is 52.4 Å². The molecule has 2 heteroatoms. The SMILES string of the molecule is C=CCCCCCCC=CC=CC(=O)NCC(C)C. The molecular weight excluding hydrogens is 234 g/mol. The van der Waals surface area contributed by atoms with Crippen molar-refractivity contribution in [2.24, 2.45) is 5.92 Å². The summed E-state index contributed by atoms with van der Waals surface area (Å²) in [5.41, 5.74) is 0. The monoisotopic (exact) mass is 263 g/mol. The minimum atomic E-state index is -0.0113. The number of carbonyl (C=O) groups is 1. The first-order valence-corrected chi connectivity index (χ1v) is 7.38. The number of unbranched alkanes of at least 4 members (excludes halogenated alkanes) is 5. The van der Waals surface area contributed by atoms with Crippen molar-refractivity contribution in [2.45, 2.75) is 52.4 Å². The number of hydrogen-bond donors (Lipinski definition) is 1. The van der Waals surface area contributed by atoms with Gasteiger partial charge in [-0.2, -0.15) is 0 Å². The van der Waals surface area contributed by atoms with Crippen LogP contribution in [0, 0.1) is 5.92 Å². The summed E-state index contributed by atoms with van der Waals surface area (Å²) in [5.74, 6) is 0.483. The van der Waals surface area contributed by atoms with Crippen LogP contribution in [0.5, 0.6) is 0 Å². The molecule has 0 atom stereocenters. The average molecular weight is 263 g/mol. The molecule has 0 rings (SSSR count). The van der Waals surface area contributed by atoms with Crippen molar-refractivity contribution in [1.29, 1.82) is 0 Å². The van der Waals surface area contributed by atoms with Gasteiger partial charge in [-0.1, -0.05) is 51.0 Å². The smallest absolute Gasteiger partial charge is 0.243 e. The molecule has 0 aromatic heterocycles. The number of allylic oxidation sites excluding steroid dienone is 4. The van der Waals surface area contributed by atoms with E-state index in [-0.39, 0.29) is 5.91 Å². The Hall–Kier alpha value is -1.31. The summed E-state index contributed by atoms with van der Waals surface area (Å²) in [6.45, 7) is 8.61. The summed E-state index contributed by atoms with van der Waals surface area (Å²) >= 11 is 0. The number of rotatable bonds is 11. The highest BCUT2D eigenvalue weighted by Crippen LogP contribution is 2.05. The topological polar surface area (TPSA) is 29.1 Å². The molecule has 0 spiro atoms. The van der Waals surface area contributed by atoms with Crippen LogP contribution < -0.4 is 5.32 Å². The maximum Gasteiger partial charge on any atom is 0.243 e. The lowest BCUT2D eigenvalue weighted by Gasteiger charge is -2.03. The van der Waals surface area contributed by atoms with Crippen molar-refractivity contribution in [1.82, 2.24) is 5.32 Å². The second kappa shape index (κ2) is 13.1. The summed E-state index contributed by atoms with van der Waals surface area (Å²) in [5, 5.41) is 2.85. The first-order chi connectivity index (χ1) is 9.16. The van der Waals surface area contributed by atoms with E-state index in [1.807, 2.05) is 18.2 Å². The molecular formula is C17H29NO. The Morgan fingerprint density at radius 1 is 1.11 bits per heavy atom. The molecule has 0 aliphatic carbocycles. The van der Waals surface area contributed by atoms with Gasteiger partial charge in [0.05, 0.1) is 0 Å². The fraction of sp³-hybridized carbons (Fsp3) is 0.588. The molecule has 0 heterocycles. The Morgan fingerprint density at radius 3 is 2.42 bits per heavy atom. The zero-order valence-electron chi connectivity index (χ0n) is 12.5. The number of nitrogens with one attached hydrogen (secondary N) is 1. The standard InChI is InChI=1S/C17H29NO/c1-4-5-6-7-8-9-10-11-12-13-14-17(19)18-15-16(2)3/h4,11-14,16H,1,5-10,15H2,2-3H3,(H,18,19). The van der Waals surface area contributed by atoms with Gasteiger partial charge in [0.2, 0.25) is 5.91 Å². The maximum absolute atomic E-state index is 11.3. The Bertz CT molecular complexity index is 290. The van der Waals surface area contributed by atoms with Crippen molar-refractivity contribution >= 4 is 5.91 Å². The van der Waals surface area contributed by atoms with Crippen LogP contribution in [0.15, 0.2) is 37.0 Å². The lowest BCUT2D eigenvalue weighted by molar-refractivity contribution is -0.116. The average Bonchev–Trinajstić information content (AvgIpc) is 2.38. The predicted octanol–water partition coefficient (Wildman–Crippen LogP) is 4.40. The van der Waals surface area contributed by atoms with E-state index in [4.69, 9.17) is 0 Å². The first-order valence-electron chi connectivity index (χ1n) is 7.38. The van der Waals surface area contributed by atoms with Crippen LogP contribution in [0.3, 0.4) is 0 Å². The number of hydrogen-bond acceptors (Lipinski definition) is 1. The molecule has 2 nitrogen and oxygen atoms in total. The highest BCUT2D eigenvalue weighted by Gasteiger charge is 1.95. The fourth-order valence-corrected chi connectivity index (χ4v) is 1.59. The molecule has 0 aromatic carbocycles. The highest BCUT2D eigenvalue weighted by atomic mass is 16.1. The quantitative estimate of drug-likeness (QED) is 0.254. The van der Waals surface area contributed by atoms with Crippen LogP contribution in [-0.4, -0.2) is 12.5 Å². The van der Waals surface area contributed by atoms with Gasteiger partial charge < -0.3 is 5.32 Å². The molecule has 108 valence electrons. The summed E-state index contributed by atoms with van der Waals surface area (Å²) in [6.07, 6.45) is 16.7. The van der Waals surface area contributed by atoms with Crippen LogP contribution in [0.4, 0.5) is 0 Å². The van der Waals surface area contributed by atoms with E-state index in [9.17, 15) is 4.79 Å². The van der Waals surface area contributed by atoms with E-state index < -0.39 is 0 Å². The molecule has 0 bridgehead atoms. The van der Waals surface area contributed by atoms with Gasteiger partial charge in [-0.25, -0.2) is 0 Å². The van der Waals surface area contributed by atoms with Crippen molar-refractivity contribution < 1.29 is 4.79 Å². The minimum absolute atomic E-state index is 0.0113. The number of carbonyl (C=O) groups excluding carboxylic acids is 1. The summed E-state index contributed by atoms with van der Waals surface area (Å²) < 4.78 is 0. The fourth-order valence-electron chi connectivity index (χ4n) is 1.59. The first kappa shape index (κ1) is 17.7. The van der Waals surface area contributed by atoms with Crippen molar-refractivity contribution in [3.05, 3.63) is 37.0 Å². The lowest BCUT2D eigenvalue weighted by Crippen LogP contribution is -2.25. The molecule has 1 amide bonds. The van der Waals surface area contributed by atoms with Crippen LogP contribution in [0.25, 0.3) is 0 Å². The second-order valence-corrected chi connectivity index (χ2v) is 5.21. The summed E-state index contributed by atoms with van der Waals surface area (Å²) in [6, 6.07) is 0. The van der Waals surface area contributed by atoms with Crippen molar-refractivity contribution in [3.63, 3.8) is 0 Å². The molecule has 0 fully saturated rings. The molecule has 0 radical (unpaired) electrons. The zero-order valence-corrected chi connectivity index (χ0v) is 12.5. The lowest BCUT2D eigenvalue weighted by atomic mass is 10.1. The Labute approximate surface area is 118 Å². The van der Waals surface area contributed by atoms with E-state index >= 15 is 0 Å². The van der Waals surface area contributed by atoms with Gasteiger partial charge in [0.1, 0.15) is 0 Å². The molecule has 0 saturated heterocycles. The van der Waals surface area contributed by atoms with Crippen molar-refractivity contribution in [3.8, 4) is 0 Å². The van der Waals surface area contributed by atoms with Crippen molar-refractivity contribution in [2.75, 3.05) is 6.54 Å². The summed E-state index contributed by atoms with van der Waals surface area (Å²) in [4.78, 5) is 11.3. The van der Waals surface area contributed by atoms with Gasteiger partial charge in [-0.15, -0.1) is 6.58 Å². The van der Waals surface area contributed by atoms with Crippen LogP contribution >= 0.6 is 0 Å². The van der Waals surface area contributed by atoms with Crippen LogP contribution in [-0.2, 0) is 4.79 Å². The molecule has 0 aromatic rings. The van der Waals surface area contributed by atoms with Crippen LogP contribution in [0.2, 0.25) is 0 Å². The van der Waals surface area contributed by atoms with E-state index in [0.29, 0.717) is 5.92 Å². The maximum atomic E-state index is 11.3. The third-order valence-corrected chi connectivity index (χ3v) is 2.71. The molecule has 19 heavy (non-hydrogen) atoms. The molecule has 0 aliphatic heterocycles. The Balaban J connectivity index is 3.46. The Kier molecular flexibility index (Phi) is 12.2. The second-order valence-electron chi connectivity index (χ2n) is 5.21. The Morgan fingerprint density at radius 2 is 1.79 bits per heavy atom. The predicted molar refractivity (Wildman–Crippen MR) is 84.0 cm³/mol. The molecule has 1 N–H and O–H groups in total. The normalized spacial score (nSPS) is 11.5. The third kappa shape index (κ3) is 14.6. The molecule has 0 saturated carbocycles. The van der Waals surface area contributed by atoms with Gasteiger partial charge in [-0.05, 0) is 31.6 Å².